The zero-order valence-electron chi connectivity index (χ0n) is 9.34. The number of ether oxygens (including phenoxy) is 1. The largest absolute Gasteiger partial charge is 0.380 e. The van der Waals surface area contributed by atoms with E-state index in [2.05, 4.69) is 20.8 Å². The first kappa shape index (κ1) is 12.0. The molecule has 0 saturated carbocycles. The number of hydrogen-bond acceptors (Lipinski definition) is 6. The molecule has 1 aromatic rings. The summed E-state index contributed by atoms with van der Waals surface area (Å²) < 4.78 is 5.31. The van der Waals surface area contributed by atoms with E-state index in [4.69, 9.17) is 10.6 Å². The fourth-order valence-electron chi connectivity index (χ4n) is 1.51. The van der Waals surface area contributed by atoms with Crippen LogP contribution >= 0.6 is 0 Å². The van der Waals surface area contributed by atoms with Gasteiger partial charge in [-0.2, -0.15) is 4.80 Å². The van der Waals surface area contributed by atoms with Crippen molar-refractivity contribution in [2.24, 2.45) is 12.9 Å². The van der Waals surface area contributed by atoms with Crippen LogP contribution in [0, 0.1) is 0 Å². The van der Waals surface area contributed by atoms with Crippen molar-refractivity contribution in [3.05, 3.63) is 5.82 Å². The number of aromatic nitrogens is 4. The van der Waals surface area contributed by atoms with Gasteiger partial charge in [0.25, 0.3) is 0 Å². The predicted molar refractivity (Wildman–Crippen MR) is 54.7 cm³/mol. The van der Waals surface area contributed by atoms with E-state index in [-0.39, 0.29) is 12.1 Å². The predicted octanol–water partition coefficient (Wildman–Crippen LogP) is -0.990. The summed E-state index contributed by atoms with van der Waals surface area (Å²) in [5.41, 5.74) is 2.72. The molecule has 2 unspecified atom stereocenters. The normalized spacial score (nSPS) is 15.2. The Hall–Kier alpha value is -1.05. The van der Waals surface area contributed by atoms with Crippen LogP contribution in [-0.4, -0.2) is 39.5 Å². The topological polar surface area (TPSA) is 90.9 Å². The average molecular weight is 214 g/mol. The molecule has 15 heavy (non-hydrogen) atoms. The molecule has 1 rings (SSSR count). The molecule has 0 aromatic carbocycles. The van der Waals surface area contributed by atoms with Gasteiger partial charge in [-0.15, -0.1) is 10.2 Å². The van der Waals surface area contributed by atoms with Crippen LogP contribution in [0.2, 0.25) is 0 Å². The van der Waals surface area contributed by atoms with Crippen LogP contribution < -0.4 is 11.3 Å². The quantitative estimate of drug-likeness (QED) is 0.466. The maximum absolute atomic E-state index is 5.47. The van der Waals surface area contributed by atoms with Crippen LogP contribution in [0.5, 0.6) is 0 Å². The Bertz CT molecular complexity index is 284. The van der Waals surface area contributed by atoms with Gasteiger partial charge in [-0.1, -0.05) is 6.92 Å². The molecular weight excluding hydrogens is 196 g/mol. The highest BCUT2D eigenvalue weighted by atomic mass is 16.5. The summed E-state index contributed by atoms with van der Waals surface area (Å²) in [4.78, 5) is 1.43. The van der Waals surface area contributed by atoms with Crippen molar-refractivity contribution >= 4 is 0 Å². The third-order valence-corrected chi connectivity index (χ3v) is 2.32. The molecule has 86 valence electrons. The summed E-state index contributed by atoms with van der Waals surface area (Å²) in [5, 5.41) is 11.8. The van der Waals surface area contributed by atoms with Gasteiger partial charge in [0.15, 0.2) is 5.82 Å². The number of aryl methyl sites for hydroxylation is 1. The molecule has 2 atom stereocenters. The number of tetrazole rings is 1. The molecule has 0 spiro atoms. The maximum atomic E-state index is 5.47. The molecule has 0 aliphatic rings. The standard InChI is InChI=1S/C8H18N6O/c1-4-7(15-3)6(10-9)5-8-11-13-14(2)12-8/h6-7,10H,4-5,9H2,1-3H3. The monoisotopic (exact) mass is 214 g/mol. The smallest absolute Gasteiger partial charge is 0.176 e. The number of nitrogens with one attached hydrogen (secondary N) is 1. The summed E-state index contributed by atoms with van der Waals surface area (Å²) in [6.45, 7) is 2.04. The molecule has 0 amide bonds. The Labute approximate surface area is 88.9 Å². The molecule has 0 radical (unpaired) electrons. The minimum Gasteiger partial charge on any atom is -0.380 e. The maximum Gasteiger partial charge on any atom is 0.176 e. The second-order valence-electron chi connectivity index (χ2n) is 3.35. The Balaban J connectivity index is 2.60. The van der Waals surface area contributed by atoms with Crippen LogP contribution in [0.25, 0.3) is 0 Å². The Morgan fingerprint density at radius 1 is 1.60 bits per heavy atom. The summed E-state index contributed by atoms with van der Waals surface area (Å²) in [6.07, 6.45) is 1.54. The van der Waals surface area contributed by atoms with Crippen molar-refractivity contribution in [2.45, 2.75) is 31.9 Å². The lowest BCUT2D eigenvalue weighted by Gasteiger charge is -2.22. The number of nitrogens with two attached hydrogens (primary N) is 1. The van der Waals surface area contributed by atoms with Crippen molar-refractivity contribution in [3.63, 3.8) is 0 Å². The van der Waals surface area contributed by atoms with Crippen molar-refractivity contribution in [2.75, 3.05) is 7.11 Å². The van der Waals surface area contributed by atoms with Gasteiger partial charge in [0, 0.05) is 13.5 Å². The van der Waals surface area contributed by atoms with E-state index in [9.17, 15) is 0 Å². The second-order valence-corrected chi connectivity index (χ2v) is 3.35. The molecule has 0 aliphatic carbocycles. The molecule has 7 heteroatoms. The van der Waals surface area contributed by atoms with Crippen molar-refractivity contribution in [1.82, 2.24) is 25.6 Å². The molecule has 1 aromatic heterocycles. The summed E-state index contributed by atoms with van der Waals surface area (Å²) in [7, 11) is 3.40. The molecule has 0 aliphatic heterocycles. The van der Waals surface area contributed by atoms with Crippen LogP contribution in [-0.2, 0) is 18.2 Å². The molecule has 7 nitrogen and oxygen atoms in total. The summed E-state index contributed by atoms with van der Waals surface area (Å²) >= 11 is 0. The Morgan fingerprint density at radius 3 is 2.73 bits per heavy atom. The zero-order chi connectivity index (χ0) is 11.3. The van der Waals surface area contributed by atoms with E-state index in [0.29, 0.717) is 12.2 Å². The first-order valence-electron chi connectivity index (χ1n) is 4.93. The minimum atomic E-state index is 0.00389. The molecule has 0 bridgehead atoms. The van der Waals surface area contributed by atoms with Crippen LogP contribution in [0.3, 0.4) is 0 Å². The van der Waals surface area contributed by atoms with E-state index in [1.807, 2.05) is 6.92 Å². The van der Waals surface area contributed by atoms with Gasteiger partial charge in [0.1, 0.15) is 0 Å². The van der Waals surface area contributed by atoms with Gasteiger partial charge in [-0.25, -0.2) is 0 Å². The molecule has 0 fully saturated rings. The Morgan fingerprint density at radius 2 is 2.33 bits per heavy atom. The highest BCUT2D eigenvalue weighted by molar-refractivity contribution is 4.87. The Kier molecular flexibility index (Phi) is 4.60. The fourth-order valence-corrected chi connectivity index (χ4v) is 1.51. The fraction of sp³-hybridized carbons (Fsp3) is 0.875. The number of rotatable bonds is 6. The second kappa shape index (κ2) is 5.74. The molecule has 3 N–H and O–H groups in total. The van der Waals surface area contributed by atoms with Crippen molar-refractivity contribution in [1.29, 1.82) is 0 Å². The zero-order valence-corrected chi connectivity index (χ0v) is 9.34. The van der Waals surface area contributed by atoms with Crippen molar-refractivity contribution < 1.29 is 4.74 Å². The van der Waals surface area contributed by atoms with Gasteiger partial charge in [-0.3, -0.25) is 11.3 Å². The highest BCUT2D eigenvalue weighted by Crippen LogP contribution is 2.06. The number of hydrazine groups is 1. The minimum absolute atomic E-state index is 0.00389. The van der Waals surface area contributed by atoms with Gasteiger partial charge in [0.2, 0.25) is 0 Å². The molecule has 1 heterocycles. The third kappa shape index (κ3) is 3.22. The highest BCUT2D eigenvalue weighted by Gasteiger charge is 2.20. The first-order chi connectivity index (χ1) is 7.21. The lowest BCUT2D eigenvalue weighted by molar-refractivity contribution is 0.0647. The van der Waals surface area contributed by atoms with Gasteiger partial charge in [0.05, 0.1) is 19.2 Å². The first-order valence-corrected chi connectivity index (χ1v) is 4.93. The summed E-state index contributed by atoms with van der Waals surface area (Å²) in [5.74, 6) is 6.13. The molecule has 0 saturated heterocycles. The molecular formula is C8H18N6O. The van der Waals surface area contributed by atoms with E-state index in [0.717, 1.165) is 6.42 Å². The van der Waals surface area contributed by atoms with Gasteiger partial charge < -0.3 is 4.74 Å². The van der Waals surface area contributed by atoms with Crippen molar-refractivity contribution in [3.8, 4) is 0 Å². The van der Waals surface area contributed by atoms with E-state index >= 15 is 0 Å². The van der Waals surface area contributed by atoms with Crippen LogP contribution in [0.4, 0.5) is 0 Å². The number of hydrogen-bond donors (Lipinski definition) is 2. The van der Waals surface area contributed by atoms with E-state index in [1.54, 1.807) is 14.2 Å². The van der Waals surface area contributed by atoms with Gasteiger partial charge in [-0.05, 0) is 11.6 Å². The van der Waals surface area contributed by atoms with E-state index in [1.165, 1.54) is 4.80 Å². The van der Waals surface area contributed by atoms with E-state index < -0.39 is 0 Å². The number of methoxy groups -OCH3 is 1. The lowest BCUT2D eigenvalue weighted by Crippen LogP contribution is -2.46. The average Bonchev–Trinajstić information content (AvgIpc) is 2.64. The SMILES string of the molecule is CCC(OC)C(Cc1nnn(C)n1)NN. The number of nitrogens with zero attached hydrogens (tertiary/aromatic N) is 4. The summed E-state index contributed by atoms with van der Waals surface area (Å²) in [6, 6.07) is 0.00389. The third-order valence-electron chi connectivity index (χ3n) is 2.32. The lowest BCUT2D eigenvalue weighted by atomic mass is 10.1. The van der Waals surface area contributed by atoms with Gasteiger partial charge >= 0.3 is 0 Å². The van der Waals surface area contributed by atoms with Crippen LogP contribution in [0.15, 0.2) is 0 Å². The van der Waals surface area contributed by atoms with Crippen LogP contribution in [0.1, 0.15) is 19.2 Å².